The molecule has 0 fully saturated rings. The summed E-state index contributed by atoms with van der Waals surface area (Å²) in [5, 5.41) is 4.09. The number of halogens is 1. The number of nitrogens with zero attached hydrogens (tertiary/aromatic N) is 3. The third-order valence-corrected chi connectivity index (χ3v) is 2.13. The first-order valence-corrected chi connectivity index (χ1v) is 4.51. The van der Waals surface area contributed by atoms with Crippen LogP contribution in [0, 0.1) is 12.7 Å². The Balaban J connectivity index is 2.62. The van der Waals surface area contributed by atoms with E-state index in [0.29, 0.717) is 22.9 Å². The van der Waals surface area contributed by atoms with E-state index in [1.807, 2.05) is 0 Å². The summed E-state index contributed by atoms with van der Waals surface area (Å²) in [6, 6.07) is 4.20. The molecule has 0 radical (unpaired) electrons. The van der Waals surface area contributed by atoms with Crippen molar-refractivity contribution in [3.05, 3.63) is 29.8 Å². The molecule has 0 aliphatic heterocycles. The smallest absolute Gasteiger partial charge is 0.160 e. The second-order valence-electron chi connectivity index (χ2n) is 3.34. The minimum Gasteiger partial charge on any atom is -0.398 e. The molecular formula is C10H11FN4. The predicted octanol–water partition coefficient (Wildman–Crippen LogP) is 1.51. The first-order valence-electron chi connectivity index (χ1n) is 4.51. The van der Waals surface area contributed by atoms with Gasteiger partial charge in [0, 0.05) is 18.3 Å². The van der Waals surface area contributed by atoms with Crippen molar-refractivity contribution in [2.45, 2.75) is 6.92 Å². The van der Waals surface area contributed by atoms with Crippen LogP contribution in [-0.4, -0.2) is 14.8 Å². The molecule has 2 rings (SSSR count). The third kappa shape index (κ3) is 1.68. The van der Waals surface area contributed by atoms with E-state index in [1.165, 1.54) is 18.2 Å². The molecule has 0 spiro atoms. The molecule has 0 saturated carbocycles. The number of nitrogen functional groups attached to an aromatic ring is 1. The zero-order valence-electron chi connectivity index (χ0n) is 8.53. The molecule has 0 amide bonds. The molecule has 1 aromatic carbocycles. The van der Waals surface area contributed by atoms with Crippen LogP contribution in [0.2, 0.25) is 0 Å². The van der Waals surface area contributed by atoms with Gasteiger partial charge in [-0.3, -0.25) is 0 Å². The maximum absolute atomic E-state index is 13.1. The molecule has 5 heteroatoms. The van der Waals surface area contributed by atoms with Crippen molar-refractivity contribution < 1.29 is 4.39 Å². The normalized spacial score (nSPS) is 10.6. The number of aryl methyl sites for hydroxylation is 2. The first-order chi connectivity index (χ1) is 7.08. The van der Waals surface area contributed by atoms with Crippen LogP contribution in [0.25, 0.3) is 11.4 Å². The van der Waals surface area contributed by atoms with Gasteiger partial charge in [-0.2, -0.15) is 5.10 Å². The van der Waals surface area contributed by atoms with Crippen LogP contribution in [0.15, 0.2) is 18.2 Å². The van der Waals surface area contributed by atoms with Crippen molar-refractivity contribution in [1.29, 1.82) is 0 Å². The summed E-state index contributed by atoms with van der Waals surface area (Å²) >= 11 is 0. The highest BCUT2D eigenvalue weighted by atomic mass is 19.1. The van der Waals surface area contributed by atoms with Gasteiger partial charge in [-0.05, 0) is 25.1 Å². The van der Waals surface area contributed by atoms with Gasteiger partial charge in [0.25, 0.3) is 0 Å². The topological polar surface area (TPSA) is 56.7 Å². The Hall–Kier alpha value is -1.91. The molecule has 0 bridgehead atoms. The fourth-order valence-electron chi connectivity index (χ4n) is 1.47. The van der Waals surface area contributed by atoms with Gasteiger partial charge in [0.2, 0.25) is 0 Å². The zero-order chi connectivity index (χ0) is 11.0. The maximum Gasteiger partial charge on any atom is 0.160 e. The van der Waals surface area contributed by atoms with Gasteiger partial charge >= 0.3 is 0 Å². The summed E-state index contributed by atoms with van der Waals surface area (Å²) in [7, 11) is 1.75. The van der Waals surface area contributed by atoms with Crippen molar-refractivity contribution in [1.82, 2.24) is 14.8 Å². The van der Waals surface area contributed by atoms with Crippen LogP contribution >= 0.6 is 0 Å². The van der Waals surface area contributed by atoms with Gasteiger partial charge in [-0.15, -0.1) is 0 Å². The van der Waals surface area contributed by atoms with Crippen LogP contribution in [0.5, 0.6) is 0 Å². The summed E-state index contributed by atoms with van der Waals surface area (Å²) in [6.07, 6.45) is 0. The lowest BCUT2D eigenvalue weighted by Gasteiger charge is -2.03. The van der Waals surface area contributed by atoms with E-state index in [2.05, 4.69) is 10.1 Å². The van der Waals surface area contributed by atoms with E-state index in [9.17, 15) is 4.39 Å². The van der Waals surface area contributed by atoms with Crippen LogP contribution < -0.4 is 5.73 Å². The summed E-state index contributed by atoms with van der Waals surface area (Å²) in [5.74, 6) is 0.875. The maximum atomic E-state index is 13.1. The molecule has 1 heterocycles. The number of anilines is 1. The Labute approximate surface area is 86.6 Å². The molecule has 1 aromatic heterocycles. The molecular weight excluding hydrogens is 195 g/mol. The second-order valence-corrected chi connectivity index (χ2v) is 3.34. The quantitative estimate of drug-likeness (QED) is 0.719. The summed E-state index contributed by atoms with van der Waals surface area (Å²) in [6.45, 7) is 1.78. The monoisotopic (exact) mass is 206 g/mol. The minimum absolute atomic E-state index is 0.333. The average molecular weight is 206 g/mol. The van der Waals surface area contributed by atoms with Crippen molar-refractivity contribution in [2.24, 2.45) is 7.05 Å². The van der Waals surface area contributed by atoms with Crippen LogP contribution in [0.3, 0.4) is 0 Å². The molecule has 2 N–H and O–H groups in total. The largest absolute Gasteiger partial charge is 0.398 e. The number of aromatic nitrogens is 3. The standard InChI is InChI=1S/C10H11FN4/c1-6-13-10(15(2)14-6)8-5-7(11)3-4-9(8)12/h3-5H,12H2,1-2H3. The Morgan fingerprint density at radius 3 is 2.73 bits per heavy atom. The van der Waals surface area contributed by atoms with Crippen molar-refractivity contribution in [3.8, 4) is 11.4 Å². The number of hydrogen-bond acceptors (Lipinski definition) is 3. The van der Waals surface area contributed by atoms with E-state index in [4.69, 9.17) is 5.73 Å². The number of nitrogens with two attached hydrogens (primary N) is 1. The van der Waals surface area contributed by atoms with Gasteiger partial charge in [0.05, 0.1) is 0 Å². The Kier molecular flexibility index (Phi) is 2.15. The SMILES string of the molecule is Cc1nc(-c2cc(F)ccc2N)n(C)n1. The number of hydrogen-bond donors (Lipinski definition) is 1. The van der Waals surface area contributed by atoms with Crippen LogP contribution in [-0.2, 0) is 7.05 Å². The van der Waals surface area contributed by atoms with Gasteiger partial charge in [-0.25, -0.2) is 14.1 Å². The highest BCUT2D eigenvalue weighted by Crippen LogP contribution is 2.24. The third-order valence-electron chi connectivity index (χ3n) is 2.13. The summed E-state index contributed by atoms with van der Waals surface area (Å²) in [4.78, 5) is 4.19. The van der Waals surface area contributed by atoms with Crippen molar-refractivity contribution >= 4 is 5.69 Å². The molecule has 4 nitrogen and oxygen atoms in total. The number of benzene rings is 1. The fraction of sp³-hybridized carbons (Fsp3) is 0.200. The molecule has 0 saturated heterocycles. The minimum atomic E-state index is -0.333. The Bertz CT molecular complexity index is 504. The molecule has 0 unspecified atom stereocenters. The van der Waals surface area contributed by atoms with E-state index < -0.39 is 0 Å². The van der Waals surface area contributed by atoms with Gasteiger partial charge in [0.15, 0.2) is 5.82 Å². The second kappa shape index (κ2) is 3.34. The molecule has 0 atom stereocenters. The van der Waals surface area contributed by atoms with E-state index in [-0.39, 0.29) is 5.82 Å². The molecule has 78 valence electrons. The van der Waals surface area contributed by atoms with E-state index >= 15 is 0 Å². The summed E-state index contributed by atoms with van der Waals surface area (Å²) < 4.78 is 14.6. The Morgan fingerprint density at radius 1 is 1.40 bits per heavy atom. The first kappa shape index (κ1) is 9.64. The average Bonchev–Trinajstić information content (AvgIpc) is 2.50. The zero-order valence-corrected chi connectivity index (χ0v) is 8.53. The molecule has 0 aliphatic carbocycles. The number of rotatable bonds is 1. The molecule has 0 aliphatic rings. The highest BCUT2D eigenvalue weighted by Gasteiger charge is 2.10. The lowest BCUT2D eigenvalue weighted by molar-refractivity contribution is 0.628. The van der Waals surface area contributed by atoms with E-state index in [1.54, 1.807) is 18.7 Å². The predicted molar refractivity (Wildman–Crippen MR) is 55.5 cm³/mol. The lowest BCUT2D eigenvalue weighted by atomic mass is 10.1. The van der Waals surface area contributed by atoms with Crippen LogP contribution in [0.4, 0.5) is 10.1 Å². The van der Waals surface area contributed by atoms with Gasteiger partial charge in [-0.1, -0.05) is 0 Å². The van der Waals surface area contributed by atoms with Crippen molar-refractivity contribution in [3.63, 3.8) is 0 Å². The van der Waals surface area contributed by atoms with Gasteiger partial charge in [0.1, 0.15) is 11.6 Å². The summed E-state index contributed by atoms with van der Waals surface area (Å²) in [5.41, 5.74) is 6.81. The fourth-order valence-corrected chi connectivity index (χ4v) is 1.47. The van der Waals surface area contributed by atoms with Crippen molar-refractivity contribution in [2.75, 3.05) is 5.73 Å². The molecule has 2 aromatic rings. The highest BCUT2D eigenvalue weighted by molar-refractivity contribution is 5.71. The van der Waals surface area contributed by atoms with Crippen LogP contribution in [0.1, 0.15) is 5.82 Å². The van der Waals surface area contributed by atoms with E-state index in [0.717, 1.165) is 0 Å². The van der Waals surface area contributed by atoms with Gasteiger partial charge < -0.3 is 5.73 Å². The molecule has 15 heavy (non-hydrogen) atoms. The Morgan fingerprint density at radius 2 is 2.13 bits per heavy atom. The lowest BCUT2D eigenvalue weighted by Crippen LogP contribution is -1.98.